The topological polar surface area (TPSA) is 160 Å². The summed E-state index contributed by atoms with van der Waals surface area (Å²) in [6.07, 6.45) is 0. The molecule has 11 nitrogen and oxygen atoms in total. The Kier molecular flexibility index (Phi) is 12.9. The van der Waals surface area contributed by atoms with E-state index in [9.17, 15) is 14.7 Å². The van der Waals surface area contributed by atoms with Gasteiger partial charge < -0.3 is 25.2 Å². The van der Waals surface area contributed by atoms with Gasteiger partial charge in [0.15, 0.2) is 0 Å². The number of amides is 2. The third kappa shape index (κ3) is 9.65. The van der Waals surface area contributed by atoms with E-state index in [1.54, 1.807) is 48.2 Å². The number of hydrogen-bond donors (Lipinski definition) is 5. The van der Waals surface area contributed by atoms with Gasteiger partial charge in [-0.3, -0.25) is 30.3 Å². The van der Waals surface area contributed by atoms with Crippen molar-refractivity contribution in [2.75, 3.05) is 44.4 Å². The van der Waals surface area contributed by atoms with E-state index < -0.39 is 0 Å². The molecule has 1 heterocycles. The van der Waals surface area contributed by atoms with Gasteiger partial charge in [0, 0.05) is 36.2 Å². The fourth-order valence-electron chi connectivity index (χ4n) is 4.25. The summed E-state index contributed by atoms with van der Waals surface area (Å²) in [4.78, 5) is 28.3. The minimum Gasteiger partial charge on any atom is -0.507 e. The number of carbonyl (C=O) groups is 2. The molecule has 12 heteroatoms. The number of fused-ring (bicyclic) bond motifs is 1. The summed E-state index contributed by atoms with van der Waals surface area (Å²) in [7, 11) is 0. The van der Waals surface area contributed by atoms with E-state index in [0.29, 0.717) is 28.8 Å². The van der Waals surface area contributed by atoms with Gasteiger partial charge in [-0.2, -0.15) is 0 Å². The van der Waals surface area contributed by atoms with Crippen LogP contribution < -0.4 is 20.3 Å². The monoisotopic (exact) mass is 620 g/mol. The molecule has 44 heavy (non-hydrogen) atoms. The van der Waals surface area contributed by atoms with Crippen molar-refractivity contribution in [3.63, 3.8) is 0 Å². The lowest BCUT2D eigenvalue weighted by molar-refractivity contribution is -0.118. The summed E-state index contributed by atoms with van der Waals surface area (Å²) in [6.45, 7) is 7.06. The first-order valence-electron chi connectivity index (χ1n) is 14.0. The molecule has 0 fully saturated rings. The number of anilines is 1. The number of carbonyl (C=O) groups excluding carboxylic acids is 2. The third-order valence-electron chi connectivity index (χ3n) is 6.18. The van der Waals surface area contributed by atoms with Crippen molar-refractivity contribution in [1.82, 2.24) is 10.6 Å². The van der Waals surface area contributed by atoms with Crippen LogP contribution >= 0.6 is 11.6 Å². The van der Waals surface area contributed by atoms with E-state index in [1.165, 1.54) is 13.0 Å². The van der Waals surface area contributed by atoms with Crippen molar-refractivity contribution in [3.8, 4) is 11.5 Å². The van der Waals surface area contributed by atoms with Crippen LogP contribution in [0.1, 0.15) is 42.3 Å². The first-order chi connectivity index (χ1) is 21.1. The number of nitrogens with zero attached hydrogens (tertiary/aromatic N) is 2. The molecule has 0 unspecified atom stereocenters. The molecule has 3 aromatic rings. The van der Waals surface area contributed by atoms with E-state index in [1.807, 2.05) is 31.2 Å². The van der Waals surface area contributed by atoms with Crippen LogP contribution in [0.4, 0.5) is 5.69 Å². The smallest absolute Gasteiger partial charge is 0.255 e. The average molecular weight is 621 g/mol. The van der Waals surface area contributed by atoms with Gasteiger partial charge in [-0.05, 0) is 56.3 Å². The molecule has 1 aliphatic heterocycles. The van der Waals surface area contributed by atoms with Crippen molar-refractivity contribution in [1.29, 1.82) is 10.8 Å². The second kappa shape index (κ2) is 16.8. The zero-order chi connectivity index (χ0) is 32.1. The molecule has 0 aromatic heterocycles. The Morgan fingerprint density at radius 2 is 1.75 bits per heavy atom. The lowest BCUT2D eigenvalue weighted by atomic mass is 9.99. The molecule has 2 amide bonds. The average Bonchev–Trinajstić information content (AvgIpc) is 3.13. The fraction of sp³-hybridized carbons (Fsp3) is 0.281. The molecule has 4 rings (SSSR count). The second-order valence-corrected chi connectivity index (χ2v) is 9.98. The minimum atomic E-state index is -0.367. The lowest BCUT2D eigenvalue weighted by Gasteiger charge is -2.24. The summed E-state index contributed by atoms with van der Waals surface area (Å²) in [5.41, 5.74) is 3.17. The second-order valence-electron chi connectivity index (χ2n) is 9.54. The number of benzodiazepines with no additional fused rings is 1. The zero-order valence-electron chi connectivity index (χ0n) is 24.9. The molecule has 0 aliphatic carbocycles. The quantitative estimate of drug-likeness (QED) is 0.126. The molecular weight excluding hydrogens is 584 g/mol. The van der Waals surface area contributed by atoms with Gasteiger partial charge in [-0.25, -0.2) is 0 Å². The van der Waals surface area contributed by atoms with Crippen LogP contribution in [0, 0.1) is 10.8 Å². The van der Waals surface area contributed by atoms with Gasteiger partial charge in [0.1, 0.15) is 29.8 Å². The number of halogens is 1. The van der Waals surface area contributed by atoms with Crippen LogP contribution in [0.3, 0.4) is 0 Å². The molecular formula is C32H37ClN6O5. The Bertz CT molecular complexity index is 1510. The van der Waals surface area contributed by atoms with E-state index in [0.717, 1.165) is 17.7 Å². The van der Waals surface area contributed by atoms with E-state index in [2.05, 4.69) is 15.6 Å². The Morgan fingerprint density at radius 3 is 2.39 bits per heavy atom. The molecule has 3 aromatic carbocycles. The summed E-state index contributed by atoms with van der Waals surface area (Å²) >= 11 is 6.08. The first kappa shape index (κ1) is 33.8. The van der Waals surface area contributed by atoms with Gasteiger partial charge in [0.05, 0.1) is 36.7 Å². The Hall–Kier alpha value is -4.74. The number of aromatic hydroxyl groups is 1. The molecule has 5 N–H and O–H groups in total. The Labute approximate surface area is 261 Å². The standard InChI is InChI=1S/C28H28ClN5O4.C4H9NO/c1-18(30)34-24-11-10-21(16-23(24)27(33-17-26(34)31)19-6-8-20(29)9-7-19)38-15-14-37-13-12-32-28(36)22-4-2-3-5-25(22)35;1-3-5-4(2)6/h2-11,16,30-31,35H,12-15,17H2,1H3,(H,32,36);3H2,1-2H3,(H,5,6). The molecule has 0 bridgehead atoms. The first-order valence-corrected chi connectivity index (χ1v) is 14.4. The number of ether oxygens (including phenoxy) is 2. The molecule has 0 radical (unpaired) electrons. The van der Waals surface area contributed by atoms with Crippen molar-refractivity contribution in [3.05, 3.63) is 88.4 Å². The van der Waals surface area contributed by atoms with Crippen LogP contribution in [0.15, 0.2) is 71.7 Å². The van der Waals surface area contributed by atoms with Crippen molar-refractivity contribution in [2.24, 2.45) is 4.99 Å². The number of benzene rings is 3. The largest absolute Gasteiger partial charge is 0.507 e. The lowest BCUT2D eigenvalue weighted by Crippen LogP contribution is -2.35. The molecule has 232 valence electrons. The zero-order valence-corrected chi connectivity index (χ0v) is 25.7. The van der Waals surface area contributed by atoms with E-state index in [-0.39, 0.29) is 61.1 Å². The van der Waals surface area contributed by atoms with Gasteiger partial charge in [0.2, 0.25) is 5.91 Å². The van der Waals surface area contributed by atoms with Gasteiger partial charge >= 0.3 is 0 Å². The fourth-order valence-corrected chi connectivity index (χ4v) is 4.38. The number of aliphatic imine (C=N–C) groups is 1. The van der Waals surface area contributed by atoms with Crippen molar-refractivity contribution in [2.45, 2.75) is 20.8 Å². The highest BCUT2D eigenvalue weighted by Crippen LogP contribution is 2.31. The maximum atomic E-state index is 12.1. The minimum absolute atomic E-state index is 0.0394. The van der Waals surface area contributed by atoms with Gasteiger partial charge in [0.25, 0.3) is 5.91 Å². The van der Waals surface area contributed by atoms with E-state index in [4.69, 9.17) is 31.9 Å². The van der Waals surface area contributed by atoms with Crippen LogP contribution in [0.5, 0.6) is 11.5 Å². The SMILES string of the molecule is CC(=N)N1C(=N)CN=C(c2ccc(Cl)cc2)c2cc(OCCOCCNC(=O)c3ccccc3O)ccc21.CCNC(C)=O. The third-order valence-corrected chi connectivity index (χ3v) is 6.43. The number of para-hydroxylation sites is 1. The summed E-state index contributed by atoms with van der Waals surface area (Å²) in [5.74, 6) is 0.628. The Morgan fingerprint density at radius 1 is 1.02 bits per heavy atom. The van der Waals surface area contributed by atoms with Crippen LogP contribution in [-0.2, 0) is 9.53 Å². The summed E-state index contributed by atoms with van der Waals surface area (Å²) in [5, 5.41) is 32.3. The normalized spacial score (nSPS) is 12.1. The maximum Gasteiger partial charge on any atom is 0.255 e. The number of rotatable bonds is 10. The number of phenolic OH excluding ortho intramolecular Hbond substituents is 1. The number of hydrogen-bond acceptors (Lipinski definition) is 8. The molecule has 0 saturated heterocycles. The number of nitrogens with one attached hydrogen (secondary N) is 4. The highest BCUT2D eigenvalue weighted by molar-refractivity contribution is 6.31. The highest BCUT2D eigenvalue weighted by Gasteiger charge is 2.25. The van der Waals surface area contributed by atoms with Gasteiger partial charge in [-0.15, -0.1) is 0 Å². The number of phenols is 1. The number of amidine groups is 2. The van der Waals surface area contributed by atoms with Gasteiger partial charge in [-0.1, -0.05) is 35.9 Å². The predicted molar refractivity (Wildman–Crippen MR) is 173 cm³/mol. The summed E-state index contributed by atoms with van der Waals surface area (Å²) < 4.78 is 11.5. The van der Waals surface area contributed by atoms with Crippen LogP contribution in [0.2, 0.25) is 5.02 Å². The molecule has 0 atom stereocenters. The molecule has 1 aliphatic rings. The molecule has 0 spiro atoms. The highest BCUT2D eigenvalue weighted by atomic mass is 35.5. The predicted octanol–water partition coefficient (Wildman–Crippen LogP) is 4.65. The summed E-state index contributed by atoms with van der Waals surface area (Å²) in [6, 6.07) is 19.1. The van der Waals surface area contributed by atoms with Crippen LogP contribution in [0.25, 0.3) is 0 Å². The molecule has 0 saturated carbocycles. The maximum absolute atomic E-state index is 12.1. The van der Waals surface area contributed by atoms with Crippen LogP contribution in [-0.4, -0.2) is 73.8 Å². The Balaban J connectivity index is 0.000000801. The van der Waals surface area contributed by atoms with Crippen molar-refractivity contribution < 1.29 is 24.2 Å². The van der Waals surface area contributed by atoms with E-state index >= 15 is 0 Å². The van der Waals surface area contributed by atoms with Crippen molar-refractivity contribution >= 4 is 46.5 Å².